The molecule has 2 aliphatic heterocycles. The zero-order chi connectivity index (χ0) is 24.3. The Kier molecular flexibility index (Phi) is 7.14. The van der Waals surface area contributed by atoms with Crippen molar-refractivity contribution in [2.24, 2.45) is 5.92 Å². The van der Waals surface area contributed by atoms with Gasteiger partial charge in [0.15, 0.2) is 0 Å². The van der Waals surface area contributed by atoms with Crippen molar-refractivity contribution in [2.45, 2.75) is 45.2 Å². The molecule has 0 spiro atoms. The lowest BCUT2D eigenvalue weighted by Gasteiger charge is -2.35. The summed E-state index contributed by atoms with van der Waals surface area (Å²) in [5.41, 5.74) is 0.790. The molecule has 2 aromatic carbocycles. The number of halogens is 3. The van der Waals surface area contributed by atoms with Gasteiger partial charge in [0.25, 0.3) is 11.8 Å². The smallest absolute Gasteiger partial charge is 0.371 e. The summed E-state index contributed by atoms with van der Waals surface area (Å²) in [5, 5.41) is 2.68. The number of alkyl halides is 3. The summed E-state index contributed by atoms with van der Waals surface area (Å²) in [6, 6.07) is 9.53. The third kappa shape index (κ3) is 5.54. The first-order chi connectivity index (χ1) is 16.2. The van der Waals surface area contributed by atoms with Crippen molar-refractivity contribution >= 4 is 23.2 Å². The second-order valence-electron chi connectivity index (χ2n) is 9.29. The van der Waals surface area contributed by atoms with Gasteiger partial charge in [-0.1, -0.05) is 13.0 Å². The van der Waals surface area contributed by atoms with Crippen LogP contribution in [0, 0.1) is 5.92 Å². The van der Waals surface area contributed by atoms with E-state index in [-0.39, 0.29) is 11.5 Å². The van der Waals surface area contributed by atoms with E-state index in [1.807, 2.05) is 11.0 Å². The Morgan fingerprint density at radius 1 is 0.941 bits per heavy atom. The minimum absolute atomic E-state index is 0.0662. The summed E-state index contributed by atoms with van der Waals surface area (Å²) in [7, 11) is 0. The molecule has 182 valence electrons. The summed E-state index contributed by atoms with van der Waals surface area (Å²) < 4.78 is 39.1. The molecular weight excluding hydrogens is 443 g/mol. The quantitative estimate of drug-likeness (QED) is 0.609. The van der Waals surface area contributed by atoms with Crippen LogP contribution in [-0.4, -0.2) is 42.9 Å². The van der Waals surface area contributed by atoms with E-state index in [1.165, 1.54) is 12.1 Å². The van der Waals surface area contributed by atoms with Gasteiger partial charge in [0.2, 0.25) is 0 Å². The summed E-state index contributed by atoms with van der Waals surface area (Å²) in [6.07, 6.45) is 0.602. The number of nitrogens with zero attached hydrogens (tertiary/aromatic N) is 2. The maximum atomic E-state index is 13.5. The normalized spacial score (nSPS) is 17.5. The first-order valence-corrected chi connectivity index (χ1v) is 11.9. The molecule has 2 aromatic rings. The highest BCUT2D eigenvalue weighted by Crippen LogP contribution is 2.32. The zero-order valence-corrected chi connectivity index (χ0v) is 19.3. The van der Waals surface area contributed by atoms with E-state index in [1.54, 1.807) is 12.1 Å². The third-order valence-electron chi connectivity index (χ3n) is 6.70. The Hall–Kier alpha value is -3.03. The molecule has 0 aromatic heterocycles. The van der Waals surface area contributed by atoms with E-state index in [0.717, 1.165) is 63.0 Å². The van der Waals surface area contributed by atoms with Crippen molar-refractivity contribution in [3.63, 3.8) is 0 Å². The monoisotopic (exact) mass is 473 g/mol. The largest absolute Gasteiger partial charge is 0.416 e. The molecule has 1 N–H and O–H groups in total. The van der Waals surface area contributed by atoms with Gasteiger partial charge in [-0.2, -0.15) is 13.2 Å². The van der Waals surface area contributed by atoms with Crippen LogP contribution in [0.15, 0.2) is 42.5 Å². The maximum Gasteiger partial charge on any atom is 0.416 e. The van der Waals surface area contributed by atoms with E-state index in [0.29, 0.717) is 30.3 Å². The average molecular weight is 474 g/mol. The molecule has 0 atom stereocenters. The van der Waals surface area contributed by atoms with Crippen LogP contribution in [0.25, 0.3) is 0 Å². The molecule has 2 amide bonds. The van der Waals surface area contributed by atoms with Gasteiger partial charge < -0.3 is 15.1 Å². The third-order valence-corrected chi connectivity index (χ3v) is 6.70. The number of benzene rings is 2. The van der Waals surface area contributed by atoms with Gasteiger partial charge in [0.1, 0.15) is 0 Å². The minimum Gasteiger partial charge on any atom is -0.371 e. The SMILES string of the molecule is CC1CCN(c2ccc(NC(=O)c3cccc(C(F)(F)F)c3)cc2C(=O)N2CCCCC2)CC1. The lowest BCUT2D eigenvalue weighted by atomic mass is 9.97. The van der Waals surface area contributed by atoms with Crippen LogP contribution in [0.4, 0.5) is 24.5 Å². The van der Waals surface area contributed by atoms with E-state index in [2.05, 4.69) is 17.1 Å². The van der Waals surface area contributed by atoms with E-state index in [9.17, 15) is 22.8 Å². The van der Waals surface area contributed by atoms with Crippen molar-refractivity contribution < 1.29 is 22.8 Å². The van der Waals surface area contributed by atoms with Crippen LogP contribution in [0.1, 0.15) is 65.3 Å². The number of likely N-dealkylation sites (tertiary alicyclic amines) is 1. The van der Waals surface area contributed by atoms with E-state index < -0.39 is 17.6 Å². The molecular formula is C26H30F3N3O2. The van der Waals surface area contributed by atoms with Gasteiger partial charge in [-0.05, 0) is 74.4 Å². The van der Waals surface area contributed by atoms with Crippen LogP contribution < -0.4 is 10.2 Å². The Morgan fingerprint density at radius 3 is 2.32 bits per heavy atom. The maximum absolute atomic E-state index is 13.5. The molecule has 0 aliphatic carbocycles. The molecule has 2 saturated heterocycles. The summed E-state index contributed by atoms with van der Waals surface area (Å²) in [4.78, 5) is 30.2. The van der Waals surface area contributed by atoms with Gasteiger partial charge in [0.05, 0.1) is 11.1 Å². The lowest BCUT2D eigenvalue weighted by molar-refractivity contribution is -0.137. The fourth-order valence-corrected chi connectivity index (χ4v) is 4.62. The number of carbonyl (C=O) groups is 2. The van der Waals surface area contributed by atoms with E-state index >= 15 is 0 Å². The lowest BCUT2D eigenvalue weighted by Crippen LogP contribution is -2.38. The molecule has 4 rings (SSSR count). The molecule has 0 unspecified atom stereocenters. The minimum atomic E-state index is -4.53. The summed E-state index contributed by atoms with van der Waals surface area (Å²) >= 11 is 0. The first-order valence-electron chi connectivity index (χ1n) is 11.9. The van der Waals surface area contributed by atoms with Gasteiger partial charge in [-0.15, -0.1) is 0 Å². The molecule has 2 aliphatic rings. The fraction of sp³-hybridized carbons (Fsp3) is 0.462. The zero-order valence-electron chi connectivity index (χ0n) is 19.3. The van der Waals surface area contributed by atoms with Gasteiger partial charge in [-0.3, -0.25) is 9.59 Å². The van der Waals surface area contributed by atoms with Crippen LogP contribution >= 0.6 is 0 Å². The number of hydrogen-bond donors (Lipinski definition) is 1. The predicted octanol–water partition coefficient (Wildman–Crippen LogP) is 5.82. The number of hydrogen-bond acceptors (Lipinski definition) is 3. The molecule has 5 nitrogen and oxygen atoms in total. The molecule has 0 saturated carbocycles. The molecule has 0 radical (unpaired) electrons. The van der Waals surface area contributed by atoms with E-state index in [4.69, 9.17) is 0 Å². The Bertz CT molecular complexity index is 1040. The van der Waals surface area contributed by atoms with Crippen LogP contribution in [0.2, 0.25) is 0 Å². The molecule has 34 heavy (non-hydrogen) atoms. The Morgan fingerprint density at radius 2 is 1.65 bits per heavy atom. The molecule has 8 heteroatoms. The number of anilines is 2. The number of carbonyl (C=O) groups excluding carboxylic acids is 2. The molecule has 0 bridgehead atoms. The highest BCUT2D eigenvalue weighted by molar-refractivity contribution is 6.06. The topological polar surface area (TPSA) is 52.7 Å². The van der Waals surface area contributed by atoms with Gasteiger partial charge in [0, 0.05) is 43.1 Å². The standard InChI is InChI=1S/C26H30F3N3O2/c1-18-10-14-31(15-11-18)23-9-8-21(17-22(23)25(34)32-12-3-2-4-13-32)30-24(33)19-6-5-7-20(16-19)26(27,28)29/h5-9,16-18H,2-4,10-15H2,1H3,(H,30,33). The second-order valence-corrected chi connectivity index (χ2v) is 9.29. The number of piperidine rings is 2. The van der Waals surface area contributed by atoms with Crippen molar-refractivity contribution in [1.82, 2.24) is 4.90 Å². The highest BCUT2D eigenvalue weighted by Gasteiger charge is 2.31. The Balaban J connectivity index is 1.61. The number of amides is 2. The van der Waals surface area contributed by atoms with Crippen LogP contribution in [-0.2, 0) is 6.18 Å². The highest BCUT2D eigenvalue weighted by atomic mass is 19.4. The van der Waals surface area contributed by atoms with Crippen molar-refractivity contribution in [2.75, 3.05) is 36.4 Å². The number of nitrogens with one attached hydrogen (secondary N) is 1. The second kappa shape index (κ2) is 10.1. The fourth-order valence-electron chi connectivity index (χ4n) is 4.62. The summed E-state index contributed by atoms with van der Waals surface area (Å²) in [5.74, 6) is -0.0750. The van der Waals surface area contributed by atoms with Gasteiger partial charge in [-0.25, -0.2) is 0 Å². The van der Waals surface area contributed by atoms with Crippen LogP contribution in [0.5, 0.6) is 0 Å². The average Bonchev–Trinajstić information content (AvgIpc) is 2.84. The number of rotatable bonds is 4. The predicted molar refractivity (Wildman–Crippen MR) is 126 cm³/mol. The Labute approximate surface area is 197 Å². The van der Waals surface area contributed by atoms with Crippen molar-refractivity contribution in [3.05, 3.63) is 59.2 Å². The van der Waals surface area contributed by atoms with Crippen molar-refractivity contribution in [1.29, 1.82) is 0 Å². The van der Waals surface area contributed by atoms with Crippen LogP contribution in [0.3, 0.4) is 0 Å². The molecule has 2 heterocycles. The first kappa shape index (κ1) is 24.1. The van der Waals surface area contributed by atoms with Crippen molar-refractivity contribution in [3.8, 4) is 0 Å². The summed E-state index contributed by atoms with van der Waals surface area (Å²) in [6.45, 7) is 5.35. The van der Waals surface area contributed by atoms with Gasteiger partial charge >= 0.3 is 6.18 Å². The molecule has 2 fully saturated rings.